The molecule has 0 spiro atoms. The van der Waals surface area contributed by atoms with Crippen LogP contribution in [0.5, 0.6) is 0 Å². The summed E-state index contributed by atoms with van der Waals surface area (Å²) in [4.78, 5) is 0. The molecule has 0 aliphatic carbocycles. The van der Waals surface area contributed by atoms with Crippen LogP contribution in [0.3, 0.4) is 0 Å². The molecule has 1 aliphatic rings. The maximum absolute atomic E-state index is 5.67. The van der Waals surface area contributed by atoms with E-state index in [-0.39, 0.29) is 12.1 Å². The normalized spacial score (nSPS) is 31.1. The Labute approximate surface area is 66.6 Å². The van der Waals surface area contributed by atoms with Crippen LogP contribution in [0.2, 0.25) is 0 Å². The lowest BCUT2D eigenvalue weighted by Gasteiger charge is -2.13. The van der Waals surface area contributed by atoms with E-state index in [2.05, 4.69) is 0 Å². The quantitative estimate of drug-likeness (QED) is 0.558. The zero-order valence-electron chi connectivity index (χ0n) is 6.79. The fraction of sp³-hybridized carbons (Fsp3) is 1.00. The van der Waals surface area contributed by atoms with Crippen molar-refractivity contribution in [3.8, 4) is 0 Å². The Kier molecular flexibility index (Phi) is 3.79. The predicted octanol–water partition coefficient (Wildman–Crippen LogP) is -0.624. The van der Waals surface area contributed by atoms with Crippen molar-refractivity contribution in [2.45, 2.75) is 12.1 Å². The first-order valence-corrected chi connectivity index (χ1v) is 3.78. The van der Waals surface area contributed by atoms with Crippen LogP contribution in [0.4, 0.5) is 0 Å². The van der Waals surface area contributed by atoms with Gasteiger partial charge in [0, 0.05) is 7.11 Å². The third-order valence-corrected chi connectivity index (χ3v) is 1.69. The highest BCUT2D eigenvalue weighted by Gasteiger charge is 2.24. The van der Waals surface area contributed by atoms with Gasteiger partial charge in [0.1, 0.15) is 0 Å². The fourth-order valence-corrected chi connectivity index (χ4v) is 1.01. The van der Waals surface area contributed by atoms with Crippen LogP contribution < -0.4 is 5.73 Å². The minimum atomic E-state index is 0.0341. The number of rotatable bonds is 4. The van der Waals surface area contributed by atoms with Gasteiger partial charge in [-0.25, -0.2) is 0 Å². The molecule has 0 bridgehead atoms. The van der Waals surface area contributed by atoms with Gasteiger partial charge in [-0.1, -0.05) is 0 Å². The molecule has 1 heterocycles. The van der Waals surface area contributed by atoms with Gasteiger partial charge in [0.25, 0.3) is 0 Å². The summed E-state index contributed by atoms with van der Waals surface area (Å²) in [5.74, 6) is 0. The summed E-state index contributed by atoms with van der Waals surface area (Å²) < 4.78 is 15.3. The van der Waals surface area contributed by atoms with Crippen LogP contribution >= 0.6 is 0 Å². The highest BCUT2D eigenvalue weighted by atomic mass is 16.6. The molecule has 0 saturated carbocycles. The molecular formula is C7H15NO3. The van der Waals surface area contributed by atoms with Crippen LogP contribution in [0.15, 0.2) is 0 Å². The van der Waals surface area contributed by atoms with E-state index < -0.39 is 0 Å². The topological polar surface area (TPSA) is 53.7 Å². The first-order chi connectivity index (χ1) is 5.34. The van der Waals surface area contributed by atoms with Crippen molar-refractivity contribution < 1.29 is 14.2 Å². The molecule has 1 fully saturated rings. The van der Waals surface area contributed by atoms with Gasteiger partial charge < -0.3 is 19.9 Å². The molecule has 0 aromatic rings. The lowest BCUT2D eigenvalue weighted by atomic mass is 10.2. The van der Waals surface area contributed by atoms with Gasteiger partial charge in [0.15, 0.2) is 0 Å². The molecule has 2 atom stereocenters. The SMILES string of the molecule is COCCOC1COCC1N. The highest BCUT2D eigenvalue weighted by molar-refractivity contribution is 4.78. The minimum Gasteiger partial charge on any atom is -0.382 e. The first-order valence-electron chi connectivity index (χ1n) is 3.78. The van der Waals surface area contributed by atoms with Gasteiger partial charge in [-0.05, 0) is 0 Å². The second-order valence-corrected chi connectivity index (χ2v) is 2.60. The van der Waals surface area contributed by atoms with E-state index in [0.717, 1.165) is 0 Å². The monoisotopic (exact) mass is 161 g/mol. The van der Waals surface area contributed by atoms with Crippen molar-refractivity contribution >= 4 is 0 Å². The van der Waals surface area contributed by atoms with Crippen molar-refractivity contribution in [1.82, 2.24) is 0 Å². The molecule has 0 amide bonds. The predicted molar refractivity (Wildman–Crippen MR) is 40.4 cm³/mol. The summed E-state index contributed by atoms with van der Waals surface area (Å²) in [5.41, 5.74) is 5.67. The Morgan fingerprint density at radius 1 is 1.45 bits per heavy atom. The average molecular weight is 161 g/mol. The van der Waals surface area contributed by atoms with Gasteiger partial charge in [-0.3, -0.25) is 0 Å². The highest BCUT2D eigenvalue weighted by Crippen LogP contribution is 2.06. The van der Waals surface area contributed by atoms with E-state index in [1.54, 1.807) is 7.11 Å². The largest absolute Gasteiger partial charge is 0.382 e. The van der Waals surface area contributed by atoms with Crippen LogP contribution in [0, 0.1) is 0 Å². The van der Waals surface area contributed by atoms with Crippen molar-refractivity contribution in [2.75, 3.05) is 33.5 Å². The van der Waals surface area contributed by atoms with Gasteiger partial charge >= 0.3 is 0 Å². The molecule has 1 aliphatic heterocycles. The number of hydrogen-bond acceptors (Lipinski definition) is 4. The summed E-state index contributed by atoms with van der Waals surface area (Å²) in [5, 5.41) is 0. The second kappa shape index (κ2) is 4.66. The number of ether oxygens (including phenoxy) is 3. The molecule has 0 aromatic carbocycles. The van der Waals surface area contributed by atoms with Crippen LogP contribution in [-0.2, 0) is 14.2 Å². The molecule has 1 rings (SSSR count). The van der Waals surface area contributed by atoms with Crippen LogP contribution in [0.25, 0.3) is 0 Å². The molecule has 2 N–H and O–H groups in total. The maximum Gasteiger partial charge on any atom is 0.0982 e. The minimum absolute atomic E-state index is 0.0341. The molecule has 0 radical (unpaired) electrons. The van der Waals surface area contributed by atoms with E-state index in [1.807, 2.05) is 0 Å². The molecule has 1 saturated heterocycles. The molecular weight excluding hydrogens is 146 g/mol. The zero-order valence-corrected chi connectivity index (χ0v) is 6.79. The average Bonchev–Trinajstić information content (AvgIpc) is 2.37. The van der Waals surface area contributed by atoms with E-state index in [1.165, 1.54) is 0 Å². The van der Waals surface area contributed by atoms with E-state index in [4.69, 9.17) is 19.9 Å². The summed E-state index contributed by atoms with van der Waals surface area (Å²) in [6, 6.07) is 0.0341. The number of hydrogen-bond donors (Lipinski definition) is 1. The second-order valence-electron chi connectivity index (χ2n) is 2.60. The molecule has 2 unspecified atom stereocenters. The van der Waals surface area contributed by atoms with Crippen molar-refractivity contribution in [2.24, 2.45) is 5.73 Å². The van der Waals surface area contributed by atoms with Crippen molar-refractivity contribution in [3.05, 3.63) is 0 Å². The lowest BCUT2D eigenvalue weighted by molar-refractivity contribution is 0.00799. The third kappa shape index (κ3) is 2.75. The van der Waals surface area contributed by atoms with Crippen LogP contribution in [-0.4, -0.2) is 45.7 Å². The Morgan fingerprint density at radius 3 is 2.82 bits per heavy atom. The molecule has 4 heteroatoms. The summed E-state index contributed by atoms with van der Waals surface area (Å²) >= 11 is 0. The van der Waals surface area contributed by atoms with Crippen molar-refractivity contribution in [1.29, 1.82) is 0 Å². The zero-order chi connectivity index (χ0) is 8.10. The molecule has 4 nitrogen and oxygen atoms in total. The Balaban J connectivity index is 2.05. The lowest BCUT2D eigenvalue weighted by Crippen LogP contribution is -2.35. The Hall–Kier alpha value is -0.160. The molecule has 66 valence electrons. The van der Waals surface area contributed by atoms with Gasteiger partial charge in [-0.2, -0.15) is 0 Å². The smallest absolute Gasteiger partial charge is 0.0982 e. The molecule has 0 aromatic heterocycles. The number of nitrogens with two attached hydrogens (primary N) is 1. The van der Waals surface area contributed by atoms with Gasteiger partial charge in [0.05, 0.1) is 38.6 Å². The van der Waals surface area contributed by atoms with Gasteiger partial charge in [-0.15, -0.1) is 0 Å². The van der Waals surface area contributed by atoms with E-state index in [0.29, 0.717) is 26.4 Å². The Bertz CT molecular complexity index is 110. The Morgan fingerprint density at radius 2 is 2.27 bits per heavy atom. The van der Waals surface area contributed by atoms with Crippen molar-refractivity contribution in [3.63, 3.8) is 0 Å². The summed E-state index contributed by atoms with van der Waals surface area (Å²) in [6.07, 6.45) is 0.0603. The third-order valence-electron chi connectivity index (χ3n) is 1.69. The summed E-state index contributed by atoms with van der Waals surface area (Å²) in [6.45, 7) is 2.43. The number of methoxy groups -OCH3 is 1. The van der Waals surface area contributed by atoms with E-state index in [9.17, 15) is 0 Å². The maximum atomic E-state index is 5.67. The van der Waals surface area contributed by atoms with Crippen LogP contribution in [0.1, 0.15) is 0 Å². The molecule has 11 heavy (non-hydrogen) atoms. The standard InChI is InChI=1S/C7H15NO3/c1-9-2-3-11-7-5-10-4-6(7)8/h6-7H,2-5,8H2,1H3. The van der Waals surface area contributed by atoms with E-state index >= 15 is 0 Å². The fourth-order valence-electron chi connectivity index (χ4n) is 1.01. The first kappa shape index (κ1) is 8.93. The van der Waals surface area contributed by atoms with Gasteiger partial charge in [0.2, 0.25) is 0 Å². The summed E-state index contributed by atoms with van der Waals surface area (Å²) in [7, 11) is 1.65.